The molecule has 5 heteroatoms. The largest absolute Gasteiger partial charge is 0.485 e. The second kappa shape index (κ2) is 7.09. The van der Waals surface area contributed by atoms with Gasteiger partial charge in [-0.3, -0.25) is 4.79 Å². The summed E-state index contributed by atoms with van der Waals surface area (Å²) in [5, 5.41) is 0. The molecule has 5 nitrogen and oxygen atoms in total. The van der Waals surface area contributed by atoms with E-state index >= 15 is 0 Å². The first-order valence-electron chi connectivity index (χ1n) is 9.48. The Morgan fingerprint density at radius 3 is 2.55 bits per heavy atom. The van der Waals surface area contributed by atoms with Gasteiger partial charge in [0.2, 0.25) is 6.10 Å². The number of fused-ring (bicyclic) bond motifs is 4. The molecule has 0 radical (unpaired) electrons. The smallest absolute Gasteiger partial charge is 0.351 e. The molecule has 2 aliphatic rings. The van der Waals surface area contributed by atoms with Gasteiger partial charge in [0.1, 0.15) is 6.61 Å². The topological polar surface area (TPSA) is 61.8 Å². The average Bonchev–Trinajstić information content (AvgIpc) is 3.14. The maximum absolute atomic E-state index is 12.6. The molecule has 1 aliphatic heterocycles. The second-order valence-electron chi connectivity index (χ2n) is 7.10. The van der Waals surface area contributed by atoms with Crippen molar-refractivity contribution in [1.82, 2.24) is 0 Å². The first-order valence-corrected chi connectivity index (χ1v) is 9.48. The Morgan fingerprint density at radius 2 is 1.66 bits per heavy atom. The SMILES string of the molecule is O=C(COC(=O)C1COc2ccccc2O1)c1ccc2c(c1)-c1ccccc1C2. The van der Waals surface area contributed by atoms with Crippen LogP contribution in [0.5, 0.6) is 11.5 Å². The minimum atomic E-state index is -0.885. The third-order valence-electron chi connectivity index (χ3n) is 5.24. The van der Waals surface area contributed by atoms with Crippen LogP contribution >= 0.6 is 0 Å². The summed E-state index contributed by atoms with van der Waals surface area (Å²) in [5.74, 6) is 0.220. The third kappa shape index (κ3) is 3.25. The first kappa shape index (κ1) is 17.5. The lowest BCUT2D eigenvalue weighted by atomic mass is 10.0. The van der Waals surface area contributed by atoms with E-state index < -0.39 is 12.1 Å². The molecule has 1 atom stereocenters. The lowest BCUT2D eigenvalue weighted by Gasteiger charge is -2.24. The van der Waals surface area contributed by atoms with Gasteiger partial charge in [-0.1, -0.05) is 48.5 Å². The quantitative estimate of drug-likeness (QED) is 0.394. The maximum Gasteiger partial charge on any atom is 0.351 e. The number of esters is 1. The maximum atomic E-state index is 12.6. The standard InChI is InChI=1S/C24H18O5/c25-20(13-28-24(26)23-14-27-21-7-3-4-8-22(21)29-23)17-10-9-16-11-15-5-1-2-6-18(15)19(16)12-17/h1-10,12,23H,11,13-14H2. The van der Waals surface area contributed by atoms with E-state index in [4.69, 9.17) is 14.2 Å². The van der Waals surface area contributed by atoms with E-state index in [2.05, 4.69) is 12.1 Å². The van der Waals surface area contributed by atoms with Crippen LogP contribution in [0.1, 0.15) is 21.5 Å². The molecule has 0 fully saturated rings. The molecule has 0 aromatic heterocycles. The van der Waals surface area contributed by atoms with E-state index in [-0.39, 0.29) is 19.0 Å². The zero-order valence-electron chi connectivity index (χ0n) is 15.6. The normalized spacial score (nSPS) is 15.9. The van der Waals surface area contributed by atoms with Crippen LogP contribution in [0.4, 0.5) is 0 Å². The van der Waals surface area contributed by atoms with Crippen LogP contribution in [-0.2, 0) is 16.0 Å². The minimum absolute atomic E-state index is 0.0552. The van der Waals surface area contributed by atoms with Gasteiger partial charge in [-0.2, -0.15) is 0 Å². The van der Waals surface area contributed by atoms with Crippen LogP contribution in [0.3, 0.4) is 0 Å². The van der Waals surface area contributed by atoms with Crippen LogP contribution < -0.4 is 9.47 Å². The molecule has 0 saturated heterocycles. The van der Waals surface area contributed by atoms with Gasteiger partial charge in [-0.25, -0.2) is 4.79 Å². The molecular weight excluding hydrogens is 368 g/mol. The molecule has 0 spiro atoms. The highest BCUT2D eigenvalue weighted by atomic mass is 16.6. The molecule has 1 aliphatic carbocycles. The van der Waals surface area contributed by atoms with Crippen LogP contribution in [0.2, 0.25) is 0 Å². The van der Waals surface area contributed by atoms with Crippen molar-refractivity contribution >= 4 is 11.8 Å². The summed E-state index contributed by atoms with van der Waals surface area (Å²) in [6.07, 6.45) is -0.0141. The number of hydrogen-bond acceptors (Lipinski definition) is 5. The molecule has 5 rings (SSSR count). The number of ether oxygens (including phenoxy) is 3. The van der Waals surface area contributed by atoms with Crippen molar-refractivity contribution in [1.29, 1.82) is 0 Å². The van der Waals surface area contributed by atoms with Crippen molar-refractivity contribution in [3.05, 3.63) is 83.4 Å². The predicted octanol–water partition coefficient (Wildman–Crippen LogP) is 3.82. The van der Waals surface area contributed by atoms with Crippen molar-refractivity contribution in [2.24, 2.45) is 0 Å². The van der Waals surface area contributed by atoms with Crippen molar-refractivity contribution in [2.75, 3.05) is 13.2 Å². The number of rotatable bonds is 4. The highest BCUT2D eigenvalue weighted by molar-refractivity contribution is 5.99. The van der Waals surface area contributed by atoms with Crippen molar-refractivity contribution in [3.8, 4) is 22.6 Å². The van der Waals surface area contributed by atoms with E-state index in [0.29, 0.717) is 17.1 Å². The monoisotopic (exact) mass is 386 g/mol. The zero-order chi connectivity index (χ0) is 19.8. The van der Waals surface area contributed by atoms with Crippen LogP contribution in [0, 0.1) is 0 Å². The highest BCUT2D eigenvalue weighted by Gasteiger charge is 2.29. The Bertz CT molecular complexity index is 1120. The van der Waals surface area contributed by atoms with Gasteiger partial charge < -0.3 is 14.2 Å². The fraction of sp³-hybridized carbons (Fsp3) is 0.167. The van der Waals surface area contributed by atoms with Crippen molar-refractivity contribution < 1.29 is 23.8 Å². The zero-order valence-corrected chi connectivity index (χ0v) is 15.6. The van der Waals surface area contributed by atoms with E-state index in [0.717, 1.165) is 17.5 Å². The van der Waals surface area contributed by atoms with E-state index in [1.54, 1.807) is 24.3 Å². The van der Waals surface area contributed by atoms with Crippen LogP contribution in [0.25, 0.3) is 11.1 Å². The summed E-state index contributed by atoms with van der Waals surface area (Å²) in [4.78, 5) is 24.9. The van der Waals surface area contributed by atoms with Gasteiger partial charge in [0.05, 0.1) is 0 Å². The van der Waals surface area contributed by atoms with Gasteiger partial charge in [-0.05, 0) is 46.9 Å². The lowest BCUT2D eigenvalue weighted by Crippen LogP contribution is -2.38. The summed E-state index contributed by atoms with van der Waals surface area (Å²) < 4.78 is 16.4. The number of carbonyl (C=O) groups excluding carboxylic acids is 2. The molecule has 1 heterocycles. The summed E-state index contributed by atoms with van der Waals surface area (Å²) in [6, 6.07) is 20.9. The molecule has 0 N–H and O–H groups in total. The molecular formula is C24H18O5. The van der Waals surface area contributed by atoms with Crippen molar-refractivity contribution in [3.63, 3.8) is 0 Å². The van der Waals surface area contributed by atoms with E-state index in [1.807, 2.05) is 30.3 Å². The third-order valence-corrected chi connectivity index (χ3v) is 5.24. The number of hydrogen-bond donors (Lipinski definition) is 0. The number of benzene rings is 3. The Hall–Kier alpha value is -3.60. The van der Waals surface area contributed by atoms with E-state index in [9.17, 15) is 9.59 Å². The Kier molecular flexibility index (Phi) is 4.28. The van der Waals surface area contributed by atoms with Gasteiger partial charge in [0, 0.05) is 5.56 Å². The molecule has 1 unspecified atom stereocenters. The fourth-order valence-corrected chi connectivity index (χ4v) is 3.75. The minimum Gasteiger partial charge on any atom is -0.485 e. The Balaban J connectivity index is 1.25. The molecule has 29 heavy (non-hydrogen) atoms. The molecule has 3 aromatic carbocycles. The Morgan fingerprint density at radius 1 is 0.897 bits per heavy atom. The van der Waals surface area contributed by atoms with Gasteiger partial charge >= 0.3 is 5.97 Å². The lowest BCUT2D eigenvalue weighted by molar-refractivity contribution is -0.153. The van der Waals surface area contributed by atoms with Gasteiger partial charge in [-0.15, -0.1) is 0 Å². The summed E-state index contributed by atoms with van der Waals surface area (Å²) in [5.41, 5.74) is 5.21. The number of carbonyl (C=O) groups is 2. The molecule has 0 saturated carbocycles. The van der Waals surface area contributed by atoms with Gasteiger partial charge in [0.25, 0.3) is 0 Å². The predicted molar refractivity (Wildman–Crippen MR) is 106 cm³/mol. The summed E-state index contributed by atoms with van der Waals surface area (Å²) >= 11 is 0. The van der Waals surface area contributed by atoms with Crippen LogP contribution in [0.15, 0.2) is 66.7 Å². The summed E-state index contributed by atoms with van der Waals surface area (Å²) in [6.45, 7) is -0.277. The number of para-hydroxylation sites is 2. The number of ketones is 1. The second-order valence-corrected chi connectivity index (χ2v) is 7.10. The molecule has 3 aromatic rings. The average molecular weight is 386 g/mol. The molecule has 0 amide bonds. The molecule has 0 bridgehead atoms. The van der Waals surface area contributed by atoms with Gasteiger partial charge in [0.15, 0.2) is 23.9 Å². The fourth-order valence-electron chi connectivity index (χ4n) is 3.75. The Labute approximate surface area is 167 Å². The first-order chi connectivity index (χ1) is 14.2. The van der Waals surface area contributed by atoms with Crippen LogP contribution in [-0.4, -0.2) is 31.1 Å². The number of Topliss-reactive ketones (excluding diaryl/α,β-unsaturated/α-hetero) is 1. The molecule has 144 valence electrons. The van der Waals surface area contributed by atoms with E-state index in [1.165, 1.54) is 11.1 Å². The van der Waals surface area contributed by atoms with Crippen molar-refractivity contribution in [2.45, 2.75) is 12.5 Å². The highest BCUT2D eigenvalue weighted by Crippen LogP contribution is 2.37. The summed E-state index contributed by atoms with van der Waals surface area (Å²) in [7, 11) is 0.